The van der Waals surface area contributed by atoms with Crippen LogP contribution in [0.5, 0.6) is 0 Å². The number of hydrogen-bond donors (Lipinski definition) is 0. The van der Waals surface area contributed by atoms with Gasteiger partial charge in [-0.1, -0.05) is 0 Å². The smallest absolute Gasteiger partial charge is 0.218 e. The number of carbonyl (C=O) groups excluding carboxylic acids is 2. The summed E-state index contributed by atoms with van der Waals surface area (Å²) in [5.41, 5.74) is -0.883. The van der Waals surface area contributed by atoms with Crippen LogP contribution in [0.25, 0.3) is 0 Å². The van der Waals surface area contributed by atoms with Crippen LogP contribution >= 0.6 is 0 Å². The van der Waals surface area contributed by atoms with Crippen molar-refractivity contribution in [1.82, 2.24) is 0 Å². The summed E-state index contributed by atoms with van der Waals surface area (Å²) in [6.45, 7) is 3.41. The Hall–Kier alpha value is -0.780. The van der Waals surface area contributed by atoms with Crippen molar-refractivity contribution in [3.63, 3.8) is 0 Å². The maximum Gasteiger partial charge on any atom is 0.218 e. The molecule has 1 heterocycles. The topological polar surface area (TPSA) is 61.8 Å². The van der Waals surface area contributed by atoms with Crippen molar-refractivity contribution in [2.75, 3.05) is 20.8 Å². The Morgan fingerprint density at radius 2 is 2.00 bits per heavy atom. The Balaban J connectivity index is 2.75. The molecule has 0 aromatic heterocycles. The van der Waals surface area contributed by atoms with Gasteiger partial charge in [-0.2, -0.15) is 0 Å². The molecule has 0 N–H and O–H groups in total. The van der Waals surface area contributed by atoms with E-state index < -0.39 is 17.8 Å². The molecule has 5 heteroatoms. The molecule has 0 aromatic carbocycles. The third-order valence-corrected chi connectivity index (χ3v) is 2.52. The molecule has 0 amide bonds. The Bertz CT molecular complexity index is 267. The van der Waals surface area contributed by atoms with Gasteiger partial charge in [0.2, 0.25) is 12.1 Å². The normalized spacial score (nSPS) is 24.9. The molecule has 0 spiro atoms. The predicted octanol–water partition coefficient (Wildman–Crippen LogP) is 0.168. The van der Waals surface area contributed by atoms with Crippen LogP contribution in [0.2, 0.25) is 0 Å². The third kappa shape index (κ3) is 2.25. The second-order valence-electron chi connectivity index (χ2n) is 3.94. The lowest BCUT2D eigenvalue weighted by atomic mass is 9.92. The van der Waals surface area contributed by atoms with Crippen molar-refractivity contribution in [3.05, 3.63) is 0 Å². The first-order valence-corrected chi connectivity index (χ1v) is 4.71. The van der Waals surface area contributed by atoms with Gasteiger partial charge in [0.15, 0.2) is 5.78 Å². The van der Waals surface area contributed by atoms with Gasteiger partial charge in [-0.25, -0.2) is 0 Å². The zero-order valence-electron chi connectivity index (χ0n) is 9.40. The van der Waals surface area contributed by atoms with E-state index in [1.54, 1.807) is 13.8 Å². The maximum atomic E-state index is 11.8. The SMILES string of the molecule is COC(OC)C(=O)C1COC(C)(C)C1=O. The van der Waals surface area contributed by atoms with Gasteiger partial charge in [-0.05, 0) is 13.8 Å². The summed E-state index contributed by atoms with van der Waals surface area (Å²) < 4.78 is 14.9. The summed E-state index contributed by atoms with van der Waals surface area (Å²) in [5.74, 6) is -1.37. The number of ketones is 2. The molecule has 0 saturated carbocycles. The van der Waals surface area contributed by atoms with Crippen LogP contribution in [-0.4, -0.2) is 44.3 Å². The third-order valence-electron chi connectivity index (χ3n) is 2.52. The molecule has 5 nitrogen and oxygen atoms in total. The van der Waals surface area contributed by atoms with Gasteiger partial charge in [-0.3, -0.25) is 9.59 Å². The van der Waals surface area contributed by atoms with Crippen LogP contribution < -0.4 is 0 Å². The van der Waals surface area contributed by atoms with Crippen molar-refractivity contribution >= 4 is 11.6 Å². The minimum absolute atomic E-state index is 0.105. The van der Waals surface area contributed by atoms with E-state index in [1.807, 2.05) is 0 Å². The van der Waals surface area contributed by atoms with Gasteiger partial charge >= 0.3 is 0 Å². The van der Waals surface area contributed by atoms with Crippen LogP contribution in [0.15, 0.2) is 0 Å². The maximum absolute atomic E-state index is 11.8. The molecular formula is C10H16O5. The number of methoxy groups -OCH3 is 2. The first-order valence-electron chi connectivity index (χ1n) is 4.71. The summed E-state index contributed by atoms with van der Waals surface area (Å²) in [6, 6.07) is 0. The van der Waals surface area contributed by atoms with E-state index in [-0.39, 0.29) is 18.2 Å². The Labute approximate surface area is 88.7 Å². The largest absolute Gasteiger partial charge is 0.367 e. The van der Waals surface area contributed by atoms with E-state index in [0.29, 0.717) is 0 Å². The van der Waals surface area contributed by atoms with Crippen LogP contribution in [-0.2, 0) is 23.8 Å². The highest BCUT2D eigenvalue weighted by atomic mass is 16.7. The molecular weight excluding hydrogens is 200 g/mol. The highest BCUT2D eigenvalue weighted by molar-refractivity contribution is 6.08. The van der Waals surface area contributed by atoms with Gasteiger partial charge in [0, 0.05) is 14.2 Å². The number of hydrogen-bond acceptors (Lipinski definition) is 5. The van der Waals surface area contributed by atoms with Crippen LogP contribution in [0, 0.1) is 5.92 Å². The average Bonchev–Trinajstić information content (AvgIpc) is 2.44. The van der Waals surface area contributed by atoms with Gasteiger partial charge < -0.3 is 14.2 Å². The highest BCUT2D eigenvalue weighted by Crippen LogP contribution is 2.27. The van der Waals surface area contributed by atoms with Crippen molar-refractivity contribution in [3.8, 4) is 0 Å². The molecule has 0 aromatic rings. The first kappa shape index (κ1) is 12.3. The molecule has 1 rings (SSSR count). The van der Waals surface area contributed by atoms with Crippen LogP contribution in [0.4, 0.5) is 0 Å². The summed E-state index contributed by atoms with van der Waals surface area (Å²) in [7, 11) is 2.72. The van der Waals surface area contributed by atoms with E-state index in [4.69, 9.17) is 14.2 Å². The lowest BCUT2D eigenvalue weighted by Gasteiger charge is -2.16. The van der Waals surface area contributed by atoms with Crippen molar-refractivity contribution < 1.29 is 23.8 Å². The van der Waals surface area contributed by atoms with Gasteiger partial charge in [0.25, 0.3) is 0 Å². The fraction of sp³-hybridized carbons (Fsp3) is 0.800. The number of Topliss-reactive ketones (excluding diaryl/α,β-unsaturated/α-hetero) is 2. The van der Waals surface area contributed by atoms with E-state index in [0.717, 1.165) is 0 Å². The minimum atomic E-state index is -0.989. The van der Waals surface area contributed by atoms with E-state index >= 15 is 0 Å². The lowest BCUT2D eigenvalue weighted by molar-refractivity contribution is -0.162. The lowest BCUT2D eigenvalue weighted by Crippen LogP contribution is -2.38. The molecule has 86 valence electrons. The standard InChI is InChI=1S/C10H16O5/c1-10(2)8(12)6(5-15-10)7(11)9(13-3)14-4/h6,9H,5H2,1-4H3. The monoisotopic (exact) mass is 216 g/mol. The predicted molar refractivity (Wildman–Crippen MR) is 51.3 cm³/mol. The molecule has 1 atom stereocenters. The van der Waals surface area contributed by atoms with Gasteiger partial charge in [0.1, 0.15) is 11.5 Å². The van der Waals surface area contributed by atoms with E-state index in [1.165, 1.54) is 14.2 Å². The molecule has 0 aliphatic carbocycles. The fourth-order valence-electron chi connectivity index (χ4n) is 1.56. The second-order valence-corrected chi connectivity index (χ2v) is 3.94. The van der Waals surface area contributed by atoms with Gasteiger partial charge in [-0.15, -0.1) is 0 Å². The Kier molecular flexibility index (Phi) is 3.59. The Morgan fingerprint density at radius 3 is 2.33 bits per heavy atom. The van der Waals surface area contributed by atoms with E-state index in [2.05, 4.69) is 0 Å². The van der Waals surface area contributed by atoms with E-state index in [9.17, 15) is 9.59 Å². The second kappa shape index (κ2) is 4.38. The average molecular weight is 216 g/mol. The zero-order chi connectivity index (χ0) is 11.6. The van der Waals surface area contributed by atoms with Crippen molar-refractivity contribution in [2.24, 2.45) is 5.92 Å². The summed E-state index contributed by atoms with van der Waals surface area (Å²) in [6.07, 6.45) is -0.989. The number of rotatable bonds is 4. The Morgan fingerprint density at radius 1 is 1.47 bits per heavy atom. The molecule has 1 saturated heterocycles. The molecule has 0 bridgehead atoms. The first-order chi connectivity index (χ1) is 6.94. The quantitative estimate of drug-likeness (QED) is 0.495. The molecule has 1 unspecified atom stereocenters. The van der Waals surface area contributed by atoms with Gasteiger partial charge in [0.05, 0.1) is 6.61 Å². The summed E-state index contributed by atoms with van der Waals surface area (Å²) in [5, 5.41) is 0. The van der Waals surface area contributed by atoms with Crippen LogP contribution in [0.1, 0.15) is 13.8 Å². The summed E-state index contributed by atoms with van der Waals surface area (Å²) in [4.78, 5) is 23.5. The molecule has 1 aliphatic heterocycles. The van der Waals surface area contributed by atoms with Crippen molar-refractivity contribution in [2.45, 2.75) is 25.7 Å². The molecule has 0 radical (unpaired) electrons. The highest BCUT2D eigenvalue weighted by Gasteiger charge is 2.47. The zero-order valence-corrected chi connectivity index (χ0v) is 9.40. The molecule has 15 heavy (non-hydrogen) atoms. The fourth-order valence-corrected chi connectivity index (χ4v) is 1.56. The van der Waals surface area contributed by atoms with Crippen LogP contribution in [0.3, 0.4) is 0 Å². The number of carbonyl (C=O) groups is 2. The van der Waals surface area contributed by atoms with Crippen molar-refractivity contribution in [1.29, 1.82) is 0 Å². The summed E-state index contributed by atoms with van der Waals surface area (Å²) >= 11 is 0. The minimum Gasteiger partial charge on any atom is -0.367 e. The molecule has 1 fully saturated rings. The number of ether oxygens (including phenoxy) is 3. The molecule has 1 aliphatic rings.